The van der Waals surface area contributed by atoms with Gasteiger partial charge in [-0.25, -0.2) is 4.39 Å². The van der Waals surface area contributed by atoms with Gasteiger partial charge in [-0.1, -0.05) is 12.1 Å². The molecule has 2 fully saturated rings. The van der Waals surface area contributed by atoms with Gasteiger partial charge in [0.25, 0.3) is 5.91 Å². The van der Waals surface area contributed by atoms with Gasteiger partial charge in [-0.3, -0.25) is 4.79 Å². The van der Waals surface area contributed by atoms with E-state index in [1.807, 2.05) is 6.07 Å². The number of para-hydroxylation sites is 1. The van der Waals surface area contributed by atoms with Gasteiger partial charge in [0.05, 0.1) is 18.8 Å². The van der Waals surface area contributed by atoms with Gasteiger partial charge in [0.15, 0.2) is 0 Å². The molecule has 8 nitrogen and oxygen atoms in total. The van der Waals surface area contributed by atoms with Crippen LogP contribution in [0.2, 0.25) is 0 Å². The minimum absolute atomic E-state index is 0.0287. The molecule has 2 heterocycles. The van der Waals surface area contributed by atoms with E-state index in [1.165, 1.54) is 23.4 Å². The van der Waals surface area contributed by atoms with Crippen LogP contribution in [0.25, 0.3) is 11.1 Å². The molecule has 0 bridgehead atoms. The summed E-state index contributed by atoms with van der Waals surface area (Å²) in [4.78, 5) is 16.9. The molecule has 2 aliphatic rings. The van der Waals surface area contributed by atoms with Crippen LogP contribution in [0.1, 0.15) is 22.8 Å². The molecule has 3 aromatic rings. The number of anilines is 3. The molecule has 218 valence electrons. The van der Waals surface area contributed by atoms with Crippen LogP contribution >= 0.6 is 0 Å². The van der Waals surface area contributed by atoms with Crippen LogP contribution in [0.15, 0.2) is 67.1 Å². The number of hydrogen-bond donors (Lipinski definition) is 2. The number of aryl methyl sites for hydroxylation is 1. The number of nitrogens with one attached hydrogen (secondary N) is 1. The monoisotopic (exact) mass is 672 g/mol. The molecule has 0 radical (unpaired) electrons. The maximum atomic E-state index is 15.2. The summed E-state index contributed by atoms with van der Waals surface area (Å²) in [6.07, 6.45) is 0. The average molecular weight is 673 g/mol. The van der Waals surface area contributed by atoms with E-state index in [1.54, 1.807) is 29.2 Å². The molecule has 0 saturated carbocycles. The number of nitrogens with zero attached hydrogens (tertiary/aromatic N) is 3. The van der Waals surface area contributed by atoms with Crippen molar-refractivity contribution in [2.45, 2.75) is 13.8 Å². The van der Waals surface area contributed by atoms with E-state index in [4.69, 9.17) is 15.2 Å². The van der Waals surface area contributed by atoms with Crippen LogP contribution in [0.3, 0.4) is 0 Å². The van der Waals surface area contributed by atoms with Crippen LogP contribution in [-0.2, 0) is 4.74 Å². The zero-order valence-electron chi connectivity index (χ0n) is 23.5. The smallest absolute Gasteiger partial charge is 0.378 e. The number of hydrogen-bond acceptors (Lipinski definition) is 7. The molecule has 3 N–H and O–H groups in total. The van der Waals surface area contributed by atoms with Gasteiger partial charge >= 0.3 is 166 Å². The van der Waals surface area contributed by atoms with Crippen LogP contribution in [0.4, 0.5) is 21.5 Å². The van der Waals surface area contributed by atoms with Crippen LogP contribution < -0.4 is 42.2 Å². The van der Waals surface area contributed by atoms with Gasteiger partial charge in [-0.15, -0.1) is 0 Å². The number of benzene rings is 3. The first-order chi connectivity index (χ1) is 19.8. The predicted octanol–water partition coefficient (Wildman–Crippen LogP) is 1.92. The van der Waals surface area contributed by atoms with E-state index in [2.05, 4.69) is 45.9 Å². The van der Waals surface area contributed by atoms with Crippen molar-refractivity contribution in [3.63, 3.8) is 0 Å². The van der Waals surface area contributed by atoms with E-state index in [-0.39, 0.29) is 32.9 Å². The number of nitrogen functional groups attached to an aromatic ring is 1. The van der Waals surface area contributed by atoms with Gasteiger partial charge in [-0.2, -0.15) is 0 Å². The van der Waals surface area contributed by atoms with Gasteiger partial charge in [0.2, 0.25) is 0 Å². The summed E-state index contributed by atoms with van der Waals surface area (Å²) in [6.45, 7) is 13.5. The number of nitrogens with two attached hydrogens (primary N) is 1. The second-order valence-electron chi connectivity index (χ2n) is 9.98. The summed E-state index contributed by atoms with van der Waals surface area (Å²) in [7, 11) is 0. The normalized spacial score (nSPS) is 16.2. The first-order valence-corrected chi connectivity index (χ1v) is 16.2. The summed E-state index contributed by atoms with van der Waals surface area (Å²) in [5.41, 5.74) is 11.1. The van der Waals surface area contributed by atoms with Crippen molar-refractivity contribution in [1.29, 1.82) is 0 Å². The van der Waals surface area contributed by atoms with Gasteiger partial charge in [0.1, 0.15) is 5.82 Å². The van der Waals surface area contributed by atoms with Crippen LogP contribution in [0, 0.1) is 12.7 Å². The first-order valence-electron chi connectivity index (χ1n) is 13.7. The SMILES string of the molecule is C=C(Nc1ccc(N2CCN(CC)[I-]C2)c(C)c1)Oc1c(N)cccc1-c1ccc(C(=O)N2CCOCC2)c(F)c1. The molecule has 3 aromatic carbocycles. The Morgan fingerprint density at radius 1 is 1.12 bits per heavy atom. The topological polar surface area (TPSA) is 83.3 Å². The summed E-state index contributed by atoms with van der Waals surface area (Å²) in [5.74, 6) is -0.288. The Hall–Kier alpha value is -3.35. The second-order valence-corrected chi connectivity index (χ2v) is 12.7. The van der Waals surface area contributed by atoms with Crippen molar-refractivity contribution in [1.82, 2.24) is 8.01 Å². The van der Waals surface area contributed by atoms with E-state index in [0.29, 0.717) is 54.8 Å². The predicted molar refractivity (Wildman–Crippen MR) is 157 cm³/mol. The zero-order valence-corrected chi connectivity index (χ0v) is 25.6. The number of morpholine rings is 1. The van der Waals surface area contributed by atoms with Crippen LogP contribution in [0.5, 0.6) is 5.75 Å². The van der Waals surface area contributed by atoms with Crippen molar-refractivity contribution in [3.05, 3.63) is 84.0 Å². The van der Waals surface area contributed by atoms with Gasteiger partial charge < -0.3 is 9.64 Å². The van der Waals surface area contributed by atoms with Crippen molar-refractivity contribution in [2.24, 2.45) is 0 Å². The molecule has 2 saturated heterocycles. The Morgan fingerprint density at radius 3 is 2.61 bits per heavy atom. The fourth-order valence-electron chi connectivity index (χ4n) is 5.00. The van der Waals surface area contributed by atoms with Gasteiger partial charge in [0, 0.05) is 13.1 Å². The Kier molecular flexibility index (Phi) is 9.31. The fraction of sp³-hybridized carbons (Fsp3) is 0.323. The fourth-order valence-corrected chi connectivity index (χ4v) is 7.55. The molecular weight excluding hydrogens is 636 g/mol. The van der Waals surface area contributed by atoms with E-state index in [9.17, 15) is 4.79 Å². The average Bonchev–Trinajstić information content (AvgIpc) is 2.98. The Morgan fingerprint density at radius 2 is 1.93 bits per heavy atom. The van der Waals surface area contributed by atoms with Crippen molar-refractivity contribution in [3.8, 4) is 16.9 Å². The second kappa shape index (κ2) is 13.1. The third kappa shape index (κ3) is 6.77. The minimum atomic E-state index is -0.599. The summed E-state index contributed by atoms with van der Waals surface area (Å²) in [5, 5.41) is 3.23. The Labute approximate surface area is 251 Å². The molecule has 0 aromatic heterocycles. The molecule has 41 heavy (non-hydrogen) atoms. The minimum Gasteiger partial charge on any atom is -0.378 e. The summed E-state index contributed by atoms with van der Waals surface area (Å²) in [6, 6.07) is 16.1. The van der Waals surface area contributed by atoms with Crippen molar-refractivity contribution >= 4 is 23.0 Å². The molecule has 10 heteroatoms. The summed E-state index contributed by atoms with van der Waals surface area (Å²) >= 11 is 0.0324. The number of alkyl halides is 1. The third-order valence-electron chi connectivity index (χ3n) is 7.22. The van der Waals surface area contributed by atoms with Gasteiger partial charge in [-0.05, 0) is 12.1 Å². The Balaban J connectivity index is 1.29. The Bertz CT molecular complexity index is 1420. The molecule has 0 unspecified atom stereocenters. The molecule has 2 aliphatic heterocycles. The number of carbonyl (C=O) groups is 1. The summed E-state index contributed by atoms with van der Waals surface area (Å²) < 4.78 is 30.3. The standard InChI is InChI=1S/C31H36FIN5O3/c1-4-38-13-12-37(20-33-38)29-11-9-24(18-21(29)2)35-22(3)41-30-25(6-5-7-28(30)34)23-8-10-26(27(32)19-23)31(39)36-14-16-40-17-15-36/h5-11,18-19,35H,3-4,12-17,20,34H2,1-2H3/q-1. The molecule has 0 aliphatic carbocycles. The molecule has 1 amide bonds. The number of likely N-dealkylation sites (N-methyl/N-ethyl adjacent to an activating group) is 1. The van der Waals surface area contributed by atoms with Crippen molar-refractivity contribution in [2.75, 3.05) is 66.4 Å². The molecule has 0 spiro atoms. The van der Waals surface area contributed by atoms with E-state index >= 15 is 4.39 Å². The van der Waals surface area contributed by atoms with E-state index < -0.39 is 5.82 Å². The number of ether oxygens (including phenoxy) is 2. The number of halogens is 2. The first kappa shape index (κ1) is 29.2. The molecule has 0 atom stereocenters. The number of rotatable bonds is 8. The quantitative estimate of drug-likeness (QED) is 0.0946. The van der Waals surface area contributed by atoms with E-state index in [0.717, 1.165) is 29.9 Å². The van der Waals surface area contributed by atoms with Crippen LogP contribution in [-0.4, -0.2) is 64.4 Å². The molecule has 5 rings (SSSR count). The number of carbonyl (C=O) groups excluding carboxylic acids is 1. The zero-order chi connectivity index (χ0) is 28.9. The van der Waals surface area contributed by atoms with Crippen molar-refractivity contribution < 1.29 is 40.1 Å². The maximum absolute atomic E-state index is 15.2. The third-order valence-corrected chi connectivity index (χ3v) is 10.5. The number of amides is 1. The molecular formula is C31H36FIN5O3-.